The van der Waals surface area contributed by atoms with Gasteiger partial charge in [0.1, 0.15) is 11.5 Å². The summed E-state index contributed by atoms with van der Waals surface area (Å²) in [6.45, 7) is 3.81. The number of carbonyl (C=O) groups is 1. The number of piperazine rings is 1. The first-order chi connectivity index (χ1) is 18.2. The highest BCUT2D eigenvalue weighted by atomic mass is 19.2. The lowest BCUT2D eigenvalue weighted by atomic mass is 10.1. The predicted molar refractivity (Wildman–Crippen MR) is 133 cm³/mol. The second-order valence-corrected chi connectivity index (χ2v) is 9.00. The lowest BCUT2D eigenvalue weighted by Gasteiger charge is -2.36. The van der Waals surface area contributed by atoms with Crippen molar-refractivity contribution in [3.63, 3.8) is 0 Å². The molecule has 12 heteroatoms. The zero-order valence-electron chi connectivity index (χ0n) is 20.8. The smallest absolute Gasteiger partial charge is 0.422 e. The van der Waals surface area contributed by atoms with E-state index in [1.54, 1.807) is 12.1 Å². The molecule has 0 unspecified atom stereocenters. The molecular weight excluding hydrogens is 508 g/mol. The molecule has 8 nitrogen and oxygen atoms in total. The monoisotopic (exact) mass is 536 g/mol. The largest absolute Gasteiger partial charge is 0.480 e. The van der Waals surface area contributed by atoms with Crippen LogP contribution in [0.4, 0.5) is 28.0 Å². The minimum absolute atomic E-state index is 0.0620. The number of rotatable bonds is 9. The average molecular weight is 537 g/mol. The van der Waals surface area contributed by atoms with E-state index in [0.717, 1.165) is 37.7 Å². The van der Waals surface area contributed by atoms with Crippen LogP contribution in [0.2, 0.25) is 0 Å². The Morgan fingerprint density at radius 2 is 1.55 bits per heavy atom. The molecule has 204 valence electrons. The third kappa shape index (κ3) is 5.54. The minimum atomic E-state index is -1.67. The number of aromatic nitrogens is 2. The van der Waals surface area contributed by atoms with E-state index >= 15 is 0 Å². The van der Waals surface area contributed by atoms with Gasteiger partial charge in [-0.2, -0.15) is 4.57 Å². The van der Waals surface area contributed by atoms with Gasteiger partial charge in [-0.1, -0.05) is 18.6 Å². The molecule has 0 radical (unpaired) electrons. The van der Waals surface area contributed by atoms with Gasteiger partial charge in [0.2, 0.25) is 5.88 Å². The van der Waals surface area contributed by atoms with Crippen molar-refractivity contribution in [3.05, 3.63) is 70.2 Å². The van der Waals surface area contributed by atoms with Gasteiger partial charge < -0.3 is 14.7 Å². The Balaban J connectivity index is 1.39. The number of halogens is 4. The van der Waals surface area contributed by atoms with E-state index < -0.39 is 35.1 Å². The highest BCUT2D eigenvalue weighted by molar-refractivity contribution is 5.76. The molecule has 1 aliphatic heterocycles. The van der Waals surface area contributed by atoms with Gasteiger partial charge >= 0.3 is 11.8 Å². The molecule has 2 aromatic carbocycles. The SMILES string of the molecule is COc1c(-c2cc(F)c(F)c(F)c2)n(CCCCCN2CCN(c3ccccc3F)CC2)c(=O)n1C(=O)O. The maximum Gasteiger partial charge on any atom is 0.422 e. The number of methoxy groups -OCH3 is 1. The first-order valence-corrected chi connectivity index (χ1v) is 12.2. The number of nitrogens with zero attached hydrogens (tertiary/aromatic N) is 4. The maximum absolute atomic E-state index is 14.0. The molecule has 1 saturated heterocycles. The first kappa shape index (κ1) is 27.2. The Morgan fingerprint density at radius 1 is 0.921 bits per heavy atom. The highest BCUT2D eigenvalue weighted by Crippen LogP contribution is 2.32. The fourth-order valence-corrected chi connectivity index (χ4v) is 4.76. The van der Waals surface area contributed by atoms with E-state index in [9.17, 15) is 32.3 Å². The summed E-state index contributed by atoms with van der Waals surface area (Å²) >= 11 is 0. The van der Waals surface area contributed by atoms with Crippen LogP contribution < -0.4 is 15.3 Å². The topological polar surface area (TPSA) is 79.9 Å². The fourth-order valence-electron chi connectivity index (χ4n) is 4.76. The van der Waals surface area contributed by atoms with E-state index in [1.807, 2.05) is 11.0 Å². The van der Waals surface area contributed by atoms with Gasteiger partial charge in [-0.15, -0.1) is 0 Å². The molecule has 38 heavy (non-hydrogen) atoms. The Bertz CT molecular complexity index is 1340. The molecule has 0 bridgehead atoms. The molecule has 0 saturated carbocycles. The van der Waals surface area contributed by atoms with Crippen molar-refractivity contribution in [2.45, 2.75) is 25.8 Å². The quantitative estimate of drug-likeness (QED) is 0.248. The van der Waals surface area contributed by atoms with Crippen molar-refractivity contribution in [2.24, 2.45) is 0 Å². The predicted octanol–water partition coefficient (Wildman–Crippen LogP) is 4.40. The summed E-state index contributed by atoms with van der Waals surface area (Å²) in [5.41, 5.74) is -0.721. The third-order valence-corrected chi connectivity index (χ3v) is 6.66. The zero-order chi connectivity index (χ0) is 27.4. The molecular formula is C26H28F4N4O4. The second-order valence-electron chi connectivity index (χ2n) is 9.00. The normalized spacial score (nSPS) is 14.2. The number of carboxylic acid groups (broad SMARTS) is 1. The molecule has 0 atom stereocenters. The lowest BCUT2D eigenvalue weighted by Crippen LogP contribution is -2.46. The van der Waals surface area contributed by atoms with Crippen LogP contribution in [0.1, 0.15) is 19.3 Å². The number of ether oxygens (including phenoxy) is 1. The van der Waals surface area contributed by atoms with Crippen LogP contribution in [0.5, 0.6) is 5.88 Å². The Labute approximate surface area is 216 Å². The van der Waals surface area contributed by atoms with Crippen LogP contribution >= 0.6 is 0 Å². The van der Waals surface area contributed by atoms with Gasteiger partial charge in [-0.25, -0.2) is 27.2 Å². The number of unbranched alkanes of at least 4 members (excludes halogenated alkanes) is 2. The molecule has 2 heterocycles. The molecule has 0 aliphatic carbocycles. The van der Waals surface area contributed by atoms with Crippen molar-refractivity contribution in [1.29, 1.82) is 0 Å². The van der Waals surface area contributed by atoms with Crippen LogP contribution in [-0.4, -0.2) is 65.1 Å². The van der Waals surface area contributed by atoms with E-state index in [1.165, 1.54) is 6.07 Å². The van der Waals surface area contributed by atoms with Crippen LogP contribution in [0.15, 0.2) is 41.2 Å². The van der Waals surface area contributed by atoms with Gasteiger partial charge in [0.25, 0.3) is 0 Å². The van der Waals surface area contributed by atoms with E-state index in [0.29, 0.717) is 48.3 Å². The number of hydrogen-bond acceptors (Lipinski definition) is 5. The van der Waals surface area contributed by atoms with E-state index in [-0.39, 0.29) is 23.6 Å². The van der Waals surface area contributed by atoms with Gasteiger partial charge in [-0.3, -0.25) is 9.47 Å². The molecule has 4 rings (SSSR count). The molecule has 1 N–H and O–H groups in total. The molecule has 3 aromatic rings. The first-order valence-electron chi connectivity index (χ1n) is 12.2. The summed E-state index contributed by atoms with van der Waals surface area (Å²) in [7, 11) is 1.13. The van der Waals surface area contributed by atoms with Crippen molar-refractivity contribution < 1.29 is 32.2 Å². The zero-order valence-corrected chi connectivity index (χ0v) is 20.8. The van der Waals surface area contributed by atoms with Crippen molar-refractivity contribution in [1.82, 2.24) is 14.0 Å². The molecule has 0 amide bonds. The summed E-state index contributed by atoms with van der Waals surface area (Å²) in [4.78, 5) is 28.9. The Hall–Kier alpha value is -3.80. The Morgan fingerprint density at radius 3 is 2.16 bits per heavy atom. The van der Waals surface area contributed by atoms with E-state index in [2.05, 4.69) is 4.90 Å². The third-order valence-electron chi connectivity index (χ3n) is 6.66. The summed E-state index contributed by atoms with van der Waals surface area (Å²) < 4.78 is 62.0. The van der Waals surface area contributed by atoms with Crippen molar-refractivity contribution in [2.75, 3.05) is 44.7 Å². The van der Waals surface area contributed by atoms with Crippen molar-refractivity contribution >= 4 is 11.8 Å². The molecule has 0 spiro atoms. The van der Waals surface area contributed by atoms with Crippen LogP contribution in [-0.2, 0) is 6.54 Å². The number of imidazole rings is 1. The number of para-hydroxylation sites is 1. The van der Waals surface area contributed by atoms with Gasteiger partial charge in [0, 0.05) is 38.3 Å². The van der Waals surface area contributed by atoms with Crippen LogP contribution in [0.25, 0.3) is 11.3 Å². The maximum atomic E-state index is 14.0. The lowest BCUT2D eigenvalue weighted by molar-refractivity contribution is 0.191. The van der Waals surface area contributed by atoms with Crippen LogP contribution in [0.3, 0.4) is 0 Å². The summed E-state index contributed by atoms with van der Waals surface area (Å²) in [5.74, 6) is -5.27. The number of benzene rings is 2. The van der Waals surface area contributed by atoms with Gasteiger partial charge in [-0.05, 0) is 43.7 Å². The summed E-state index contributed by atoms with van der Waals surface area (Å²) in [6.07, 6.45) is 0.331. The standard InChI is InChI=1S/C26H28F4N4O4/c1-38-24-23(17-15-19(28)22(30)20(29)16-17)33(25(35)34(24)26(36)37)10-6-2-5-9-31-11-13-32(14-12-31)21-8-4-3-7-18(21)27/h3-4,7-8,15-16H,2,5-6,9-14H2,1H3,(H,36,37). The molecule has 1 aliphatic rings. The van der Waals surface area contributed by atoms with Gasteiger partial charge in [0.05, 0.1) is 12.8 Å². The summed E-state index contributed by atoms with van der Waals surface area (Å²) in [6, 6.07) is 8.07. The fraction of sp³-hybridized carbons (Fsp3) is 0.385. The van der Waals surface area contributed by atoms with Crippen molar-refractivity contribution in [3.8, 4) is 17.1 Å². The van der Waals surface area contributed by atoms with Crippen LogP contribution in [0, 0.1) is 23.3 Å². The van der Waals surface area contributed by atoms with Gasteiger partial charge in [0.15, 0.2) is 17.5 Å². The number of anilines is 1. The second kappa shape index (κ2) is 11.7. The molecule has 1 fully saturated rings. The highest BCUT2D eigenvalue weighted by Gasteiger charge is 2.27. The van der Waals surface area contributed by atoms with E-state index in [4.69, 9.17) is 4.74 Å². The number of hydrogen-bond donors (Lipinski definition) is 1. The molecule has 1 aromatic heterocycles. The Kier molecular flexibility index (Phi) is 8.40. The average Bonchev–Trinajstić information content (AvgIpc) is 3.19. The summed E-state index contributed by atoms with van der Waals surface area (Å²) in [5, 5.41) is 9.51. The minimum Gasteiger partial charge on any atom is -0.480 e.